The van der Waals surface area contributed by atoms with Gasteiger partial charge in [-0.2, -0.15) is 0 Å². The molecular formula is C22H27N5O4S. The number of methoxy groups -OCH3 is 1. The van der Waals surface area contributed by atoms with E-state index in [1.54, 1.807) is 13.0 Å². The van der Waals surface area contributed by atoms with Crippen LogP contribution in [0, 0.1) is 18.8 Å². The van der Waals surface area contributed by atoms with Crippen LogP contribution in [0.4, 0.5) is 11.5 Å². The second kappa shape index (κ2) is 8.42. The number of pyridine rings is 1. The first kappa shape index (κ1) is 22.1. The van der Waals surface area contributed by atoms with Crippen molar-refractivity contribution in [2.24, 2.45) is 11.8 Å². The maximum absolute atomic E-state index is 13.1. The summed E-state index contributed by atoms with van der Waals surface area (Å²) in [6.07, 6.45) is 2.70. The minimum absolute atomic E-state index is 0.100. The molecule has 1 aromatic carbocycles. The van der Waals surface area contributed by atoms with E-state index < -0.39 is 15.6 Å². The average Bonchev–Trinajstić information content (AvgIpc) is 2.72. The fourth-order valence-corrected chi connectivity index (χ4v) is 5.55. The van der Waals surface area contributed by atoms with Gasteiger partial charge in [0, 0.05) is 19.2 Å². The van der Waals surface area contributed by atoms with Gasteiger partial charge in [0.2, 0.25) is 0 Å². The fourth-order valence-electron chi connectivity index (χ4n) is 4.33. The molecule has 0 bridgehead atoms. The second-order valence-electron chi connectivity index (χ2n) is 8.53. The summed E-state index contributed by atoms with van der Waals surface area (Å²) in [6, 6.07) is 6.24. The van der Waals surface area contributed by atoms with Crippen LogP contribution in [0.1, 0.15) is 26.1 Å². The van der Waals surface area contributed by atoms with Gasteiger partial charge in [0.25, 0.3) is 15.6 Å². The third-order valence-corrected chi connectivity index (χ3v) is 6.99. The topological polar surface area (TPSA) is 117 Å². The number of ether oxygens (including phenoxy) is 1. The van der Waals surface area contributed by atoms with Gasteiger partial charge in [-0.05, 0) is 43.4 Å². The summed E-state index contributed by atoms with van der Waals surface area (Å²) in [5.74, 6) is 2.52. The van der Waals surface area contributed by atoms with Crippen molar-refractivity contribution < 1.29 is 13.2 Å². The lowest BCUT2D eigenvalue weighted by molar-refractivity contribution is 0.355. The Labute approximate surface area is 186 Å². The predicted molar refractivity (Wildman–Crippen MR) is 124 cm³/mol. The normalized spacial score (nSPS) is 19.2. The monoisotopic (exact) mass is 457 g/mol. The second-order valence-corrected chi connectivity index (χ2v) is 10.2. The molecule has 0 aliphatic carbocycles. The molecule has 3 heterocycles. The van der Waals surface area contributed by atoms with Gasteiger partial charge in [0.1, 0.15) is 22.3 Å². The minimum atomic E-state index is -4.04. The maximum atomic E-state index is 13.1. The summed E-state index contributed by atoms with van der Waals surface area (Å²) in [5.41, 5.74) is 0.269. The molecule has 2 N–H and O–H groups in total. The minimum Gasteiger partial charge on any atom is -0.495 e. The lowest BCUT2D eigenvalue weighted by Gasteiger charge is -2.35. The van der Waals surface area contributed by atoms with Crippen molar-refractivity contribution in [2.75, 3.05) is 29.8 Å². The van der Waals surface area contributed by atoms with E-state index in [-0.39, 0.29) is 16.0 Å². The Morgan fingerprint density at radius 1 is 1.19 bits per heavy atom. The van der Waals surface area contributed by atoms with E-state index in [9.17, 15) is 13.2 Å². The molecule has 0 unspecified atom stereocenters. The molecule has 1 aliphatic rings. The van der Waals surface area contributed by atoms with E-state index in [0.717, 1.165) is 18.9 Å². The average molecular weight is 458 g/mol. The maximum Gasteiger partial charge on any atom is 0.265 e. The van der Waals surface area contributed by atoms with Crippen LogP contribution in [-0.4, -0.2) is 43.6 Å². The molecule has 0 amide bonds. The Morgan fingerprint density at radius 3 is 2.53 bits per heavy atom. The van der Waals surface area contributed by atoms with E-state index in [1.165, 1.54) is 31.9 Å². The summed E-state index contributed by atoms with van der Waals surface area (Å²) >= 11 is 0. The standard InChI is InChI=1S/C22H27N5O4S/c1-13-7-14(2)12-27(11-13)21-6-5-16(10-23-21)26-32(29,30)20-8-17-18(9-19(20)31-4)24-15(3)25-22(17)28/h5-6,8-10,13-14,26H,7,11-12H2,1-4H3,(H,24,25,28)/t13-,14-/m1/s1. The molecule has 3 aromatic rings. The van der Waals surface area contributed by atoms with Crippen molar-refractivity contribution in [3.05, 3.63) is 46.6 Å². The predicted octanol–water partition coefficient (Wildman–Crippen LogP) is 2.92. The van der Waals surface area contributed by atoms with Crippen LogP contribution in [0.3, 0.4) is 0 Å². The third-order valence-electron chi connectivity index (χ3n) is 5.59. The number of hydrogen-bond acceptors (Lipinski definition) is 7. The van der Waals surface area contributed by atoms with Gasteiger partial charge < -0.3 is 14.6 Å². The molecule has 10 heteroatoms. The molecule has 32 heavy (non-hydrogen) atoms. The number of benzene rings is 1. The summed E-state index contributed by atoms with van der Waals surface area (Å²) < 4.78 is 34.0. The van der Waals surface area contributed by atoms with Crippen LogP contribution < -0.4 is 19.9 Å². The number of sulfonamides is 1. The van der Waals surface area contributed by atoms with E-state index in [1.807, 2.05) is 6.07 Å². The first-order valence-electron chi connectivity index (χ1n) is 10.5. The van der Waals surface area contributed by atoms with Crippen molar-refractivity contribution in [1.82, 2.24) is 15.0 Å². The number of rotatable bonds is 5. The molecule has 2 aromatic heterocycles. The molecule has 1 aliphatic heterocycles. The molecule has 0 saturated carbocycles. The highest BCUT2D eigenvalue weighted by atomic mass is 32.2. The van der Waals surface area contributed by atoms with Crippen LogP contribution in [0.5, 0.6) is 5.75 Å². The number of aromatic nitrogens is 3. The van der Waals surface area contributed by atoms with Crippen molar-refractivity contribution in [3.63, 3.8) is 0 Å². The molecule has 0 radical (unpaired) electrons. The number of H-pyrrole nitrogens is 1. The largest absolute Gasteiger partial charge is 0.495 e. The zero-order chi connectivity index (χ0) is 23.0. The zero-order valence-corrected chi connectivity index (χ0v) is 19.4. The Morgan fingerprint density at radius 2 is 1.91 bits per heavy atom. The molecule has 4 rings (SSSR count). The number of fused-ring (bicyclic) bond motifs is 1. The van der Waals surface area contributed by atoms with E-state index in [2.05, 4.69) is 38.4 Å². The lowest BCUT2D eigenvalue weighted by atomic mass is 9.92. The first-order chi connectivity index (χ1) is 15.2. The van der Waals surface area contributed by atoms with Gasteiger partial charge in [0.05, 0.1) is 29.9 Å². The number of nitrogens with zero attached hydrogens (tertiary/aromatic N) is 3. The van der Waals surface area contributed by atoms with E-state index >= 15 is 0 Å². The van der Waals surface area contributed by atoms with Gasteiger partial charge >= 0.3 is 0 Å². The van der Waals surface area contributed by atoms with E-state index in [0.29, 0.717) is 28.9 Å². The van der Waals surface area contributed by atoms with Crippen LogP contribution in [0.15, 0.2) is 40.2 Å². The first-order valence-corrected chi connectivity index (χ1v) is 12.0. The highest BCUT2D eigenvalue weighted by Crippen LogP contribution is 2.30. The number of nitrogens with one attached hydrogen (secondary N) is 2. The zero-order valence-electron chi connectivity index (χ0n) is 18.5. The third kappa shape index (κ3) is 4.40. The fraction of sp³-hybridized carbons (Fsp3) is 0.409. The Hall–Kier alpha value is -3.14. The van der Waals surface area contributed by atoms with Crippen molar-refractivity contribution in [2.45, 2.75) is 32.1 Å². The Kier molecular flexibility index (Phi) is 5.81. The Bertz CT molecular complexity index is 1290. The highest BCUT2D eigenvalue weighted by molar-refractivity contribution is 7.92. The van der Waals surface area contributed by atoms with Gasteiger partial charge in [-0.1, -0.05) is 13.8 Å². The van der Waals surface area contributed by atoms with Gasteiger partial charge in [-0.3, -0.25) is 9.52 Å². The van der Waals surface area contributed by atoms with Crippen molar-refractivity contribution in [3.8, 4) is 5.75 Å². The highest BCUT2D eigenvalue weighted by Gasteiger charge is 2.24. The molecule has 170 valence electrons. The number of anilines is 2. The van der Waals surface area contributed by atoms with Crippen LogP contribution in [-0.2, 0) is 10.0 Å². The van der Waals surface area contributed by atoms with Gasteiger partial charge in [0.15, 0.2) is 0 Å². The lowest BCUT2D eigenvalue weighted by Crippen LogP contribution is -2.39. The molecular weight excluding hydrogens is 430 g/mol. The van der Waals surface area contributed by atoms with Crippen molar-refractivity contribution >= 4 is 32.4 Å². The number of hydrogen-bond donors (Lipinski definition) is 2. The van der Waals surface area contributed by atoms with Gasteiger partial charge in [-0.15, -0.1) is 0 Å². The molecule has 1 saturated heterocycles. The van der Waals surface area contributed by atoms with Gasteiger partial charge in [-0.25, -0.2) is 18.4 Å². The molecule has 1 fully saturated rings. The summed E-state index contributed by atoms with van der Waals surface area (Å²) in [6.45, 7) is 7.97. The van der Waals surface area contributed by atoms with Crippen LogP contribution in [0.25, 0.3) is 10.9 Å². The quantitative estimate of drug-likeness (QED) is 0.605. The molecule has 2 atom stereocenters. The Balaban J connectivity index is 1.63. The van der Waals surface area contributed by atoms with Crippen LogP contribution >= 0.6 is 0 Å². The number of aromatic amines is 1. The summed E-state index contributed by atoms with van der Waals surface area (Å²) in [5, 5.41) is 0.165. The smallest absolute Gasteiger partial charge is 0.265 e. The molecule has 0 spiro atoms. The van der Waals surface area contributed by atoms with E-state index in [4.69, 9.17) is 4.74 Å². The summed E-state index contributed by atoms with van der Waals surface area (Å²) in [7, 11) is -2.67. The number of piperidine rings is 1. The van der Waals surface area contributed by atoms with Crippen molar-refractivity contribution in [1.29, 1.82) is 0 Å². The van der Waals surface area contributed by atoms with Crippen LogP contribution in [0.2, 0.25) is 0 Å². The summed E-state index contributed by atoms with van der Waals surface area (Å²) in [4.78, 5) is 25.7. The SMILES string of the molecule is COc1cc2nc(C)[nH]c(=O)c2cc1S(=O)(=O)Nc1ccc(N2C[C@H](C)C[C@@H](C)C2)nc1. The molecule has 9 nitrogen and oxygen atoms in total. The number of aryl methyl sites for hydroxylation is 1.